The van der Waals surface area contributed by atoms with Crippen LogP contribution in [0.4, 0.5) is 4.79 Å². The Morgan fingerprint density at radius 3 is 2.41 bits per heavy atom. The van der Waals surface area contributed by atoms with Crippen molar-refractivity contribution in [3.63, 3.8) is 0 Å². The number of ether oxygens (including phenoxy) is 1. The fraction of sp³-hybridized carbons (Fsp3) is 0.923. The smallest absolute Gasteiger partial charge is 0.409 e. The van der Waals surface area contributed by atoms with E-state index in [4.69, 9.17) is 10.5 Å². The van der Waals surface area contributed by atoms with Gasteiger partial charge in [-0.1, -0.05) is 13.3 Å². The molecule has 0 heterocycles. The average molecular weight is 242 g/mol. The van der Waals surface area contributed by atoms with Gasteiger partial charge in [0.2, 0.25) is 0 Å². The molecular weight excluding hydrogens is 216 g/mol. The highest BCUT2D eigenvalue weighted by Crippen LogP contribution is 2.36. The molecule has 4 heteroatoms. The quantitative estimate of drug-likeness (QED) is 0.823. The van der Waals surface area contributed by atoms with E-state index in [1.54, 1.807) is 4.90 Å². The maximum Gasteiger partial charge on any atom is 0.409 e. The van der Waals surface area contributed by atoms with Crippen molar-refractivity contribution in [2.75, 3.05) is 20.2 Å². The Kier molecular flexibility index (Phi) is 5.25. The van der Waals surface area contributed by atoms with Crippen LogP contribution >= 0.6 is 0 Å². The molecule has 17 heavy (non-hydrogen) atoms. The molecule has 0 unspecified atom stereocenters. The van der Waals surface area contributed by atoms with Crippen LogP contribution in [0.2, 0.25) is 0 Å². The normalized spacial score (nSPS) is 28.8. The largest absolute Gasteiger partial charge is 0.450 e. The van der Waals surface area contributed by atoms with Crippen LogP contribution in [0.1, 0.15) is 46.0 Å². The molecule has 1 aliphatic carbocycles. The molecule has 100 valence electrons. The minimum absolute atomic E-state index is 0.183. The fourth-order valence-electron chi connectivity index (χ4n) is 2.71. The first-order chi connectivity index (χ1) is 8.09. The first-order valence-corrected chi connectivity index (χ1v) is 6.70. The summed E-state index contributed by atoms with van der Waals surface area (Å²) in [7, 11) is 1.82. The van der Waals surface area contributed by atoms with Gasteiger partial charge in [-0.25, -0.2) is 4.79 Å². The maximum absolute atomic E-state index is 11.8. The van der Waals surface area contributed by atoms with Gasteiger partial charge in [0, 0.05) is 13.6 Å². The molecule has 0 aromatic heterocycles. The molecular formula is C13H26N2O2. The summed E-state index contributed by atoms with van der Waals surface area (Å²) >= 11 is 0. The summed E-state index contributed by atoms with van der Waals surface area (Å²) in [5.74, 6) is 0.797. The fourth-order valence-corrected chi connectivity index (χ4v) is 2.71. The van der Waals surface area contributed by atoms with E-state index in [0.29, 0.717) is 13.2 Å². The molecule has 0 aliphatic heterocycles. The van der Waals surface area contributed by atoms with Gasteiger partial charge in [-0.2, -0.15) is 0 Å². The Bertz CT molecular complexity index is 248. The molecule has 0 saturated heterocycles. The van der Waals surface area contributed by atoms with E-state index in [1.807, 2.05) is 14.0 Å². The van der Waals surface area contributed by atoms with E-state index in [0.717, 1.165) is 31.6 Å². The summed E-state index contributed by atoms with van der Waals surface area (Å²) in [6.07, 6.45) is 5.31. The van der Waals surface area contributed by atoms with Crippen molar-refractivity contribution in [2.24, 2.45) is 11.7 Å². The Labute approximate surface area is 104 Å². The van der Waals surface area contributed by atoms with Crippen LogP contribution in [-0.4, -0.2) is 36.7 Å². The number of hydrogen-bond acceptors (Lipinski definition) is 3. The summed E-state index contributed by atoms with van der Waals surface area (Å²) in [4.78, 5) is 13.5. The highest BCUT2D eigenvalue weighted by molar-refractivity contribution is 5.68. The lowest BCUT2D eigenvalue weighted by Gasteiger charge is -2.45. The first-order valence-electron chi connectivity index (χ1n) is 6.70. The molecule has 0 radical (unpaired) electrons. The predicted molar refractivity (Wildman–Crippen MR) is 68.8 cm³/mol. The van der Waals surface area contributed by atoms with Gasteiger partial charge >= 0.3 is 6.09 Å². The van der Waals surface area contributed by atoms with Crippen molar-refractivity contribution in [1.29, 1.82) is 0 Å². The number of carbonyl (C=O) groups excluding carboxylic acids is 1. The standard InChI is InChI=1S/C13H26N2O2/c1-4-11-6-8-13(10-14,9-7-11)15(3)12(16)17-5-2/h11H,4-10,14H2,1-3H3. The van der Waals surface area contributed by atoms with Crippen LogP contribution in [0.3, 0.4) is 0 Å². The molecule has 0 aromatic carbocycles. The summed E-state index contributed by atoms with van der Waals surface area (Å²) in [5.41, 5.74) is 5.73. The molecule has 1 aliphatic rings. The molecule has 1 amide bonds. The van der Waals surface area contributed by atoms with Gasteiger partial charge < -0.3 is 15.4 Å². The number of nitrogens with two attached hydrogens (primary N) is 1. The Balaban J connectivity index is 2.66. The zero-order valence-electron chi connectivity index (χ0n) is 11.4. The third kappa shape index (κ3) is 3.12. The van der Waals surface area contributed by atoms with E-state index in [2.05, 4.69) is 6.92 Å². The van der Waals surface area contributed by atoms with Gasteiger partial charge in [0.25, 0.3) is 0 Å². The van der Waals surface area contributed by atoms with Gasteiger partial charge in [0.15, 0.2) is 0 Å². The van der Waals surface area contributed by atoms with Crippen molar-refractivity contribution < 1.29 is 9.53 Å². The molecule has 1 fully saturated rings. The van der Waals surface area contributed by atoms with E-state index in [9.17, 15) is 4.79 Å². The third-order valence-corrected chi connectivity index (χ3v) is 4.25. The SMILES string of the molecule is CCOC(=O)N(C)C1(CN)CCC(CC)CC1. The van der Waals surface area contributed by atoms with Crippen molar-refractivity contribution in [1.82, 2.24) is 4.90 Å². The maximum atomic E-state index is 11.8. The van der Waals surface area contributed by atoms with Gasteiger partial charge in [0.1, 0.15) is 0 Å². The van der Waals surface area contributed by atoms with Crippen molar-refractivity contribution >= 4 is 6.09 Å². The summed E-state index contributed by atoms with van der Waals surface area (Å²) in [6.45, 7) is 5.00. The lowest BCUT2D eigenvalue weighted by Crippen LogP contribution is -2.56. The van der Waals surface area contributed by atoms with Crippen LogP contribution in [0, 0.1) is 5.92 Å². The molecule has 1 saturated carbocycles. The number of carbonyl (C=O) groups is 1. The number of nitrogens with zero attached hydrogens (tertiary/aromatic N) is 1. The molecule has 0 bridgehead atoms. The second-order valence-corrected chi connectivity index (χ2v) is 5.04. The molecule has 0 spiro atoms. The van der Waals surface area contributed by atoms with Crippen molar-refractivity contribution in [3.8, 4) is 0 Å². The molecule has 4 nitrogen and oxygen atoms in total. The highest BCUT2D eigenvalue weighted by Gasteiger charge is 2.40. The van der Waals surface area contributed by atoms with Crippen molar-refractivity contribution in [3.05, 3.63) is 0 Å². The Morgan fingerprint density at radius 1 is 1.41 bits per heavy atom. The minimum Gasteiger partial charge on any atom is -0.450 e. The zero-order valence-corrected chi connectivity index (χ0v) is 11.4. The Hall–Kier alpha value is -0.770. The second-order valence-electron chi connectivity index (χ2n) is 5.04. The van der Waals surface area contributed by atoms with Crippen LogP contribution in [-0.2, 0) is 4.74 Å². The molecule has 0 atom stereocenters. The van der Waals surface area contributed by atoms with Crippen LogP contribution in [0.25, 0.3) is 0 Å². The lowest BCUT2D eigenvalue weighted by atomic mass is 9.75. The monoisotopic (exact) mass is 242 g/mol. The van der Waals surface area contributed by atoms with Crippen molar-refractivity contribution in [2.45, 2.75) is 51.5 Å². The third-order valence-electron chi connectivity index (χ3n) is 4.25. The minimum atomic E-state index is -0.243. The average Bonchev–Trinajstić information content (AvgIpc) is 2.38. The number of hydrogen-bond donors (Lipinski definition) is 1. The van der Waals surface area contributed by atoms with E-state index in [-0.39, 0.29) is 11.6 Å². The summed E-state index contributed by atoms with van der Waals surface area (Å²) in [5, 5.41) is 0. The predicted octanol–water partition coefficient (Wildman–Crippen LogP) is 2.37. The van der Waals surface area contributed by atoms with Gasteiger partial charge in [-0.3, -0.25) is 0 Å². The highest BCUT2D eigenvalue weighted by atomic mass is 16.6. The number of amides is 1. The molecule has 1 rings (SSSR count). The Morgan fingerprint density at radius 2 is 2.00 bits per heavy atom. The first kappa shape index (κ1) is 14.3. The molecule has 2 N–H and O–H groups in total. The summed E-state index contributed by atoms with van der Waals surface area (Å²) < 4.78 is 5.07. The summed E-state index contributed by atoms with van der Waals surface area (Å²) in [6, 6.07) is 0. The molecule has 0 aromatic rings. The van der Waals surface area contributed by atoms with Gasteiger partial charge in [0.05, 0.1) is 12.1 Å². The van der Waals surface area contributed by atoms with Crippen LogP contribution in [0.5, 0.6) is 0 Å². The van der Waals surface area contributed by atoms with Gasteiger partial charge in [-0.05, 0) is 38.5 Å². The van der Waals surface area contributed by atoms with Crippen LogP contribution < -0.4 is 5.73 Å². The van der Waals surface area contributed by atoms with E-state index in [1.165, 1.54) is 6.42 Å². The number of likely N-dealkylation sites (N-methyl/N-ethyl adjacent to an activating group) is 1. The lowest BCUT2D eigenvalue weighted by molar-refractivity contribution is 0.0420. The topological polar surface area (TPSA) is 55.6 Å². The van der Waals surface area contributed by atoms with Crippen LogP contribution in [0.15, 0.2) is 0 Å². The zero-order chi connectivity index (χ0) is 12.9. The van der Waals surface area contributed by atoms with E-state index < -0.39 is 0 Å². The second kappa shape index (κ2) is 6.24. The van der Waals surface area contributed by atoms with Gasteiger partial charge in [-0.15, -0.1) is 0 Å². The van der Waals surface area contributed by atoms with E-state index >= 15 is 0 Å². The number of rotatable bonds is 4.